The van der Waals surface area contributed by atoms with Crippen molar-refractivity contribution in [3.63, 3.8) is 0 Å². The molecule has 0 fully saturated rings. The molecule has 2 nitrogen and oxygen atoms in total. The topological polar surface area (TPSA) is 40.5 Å². The summed E-state index contributed by atoms with van der Waals surface area (Å²) < 4.78 is 0. The van der Waals surface area contributed by atoms with E-state index in [2.05, 4.69) is 13.8 Å². The van der Waals surface area contributed by atoms with Crippen LogP contribution in [0.25, 0.3) is 11.1 Å². The highest BCUT2D eigenvalue weighted by Gasteiger charge is 2.16. The first-order chi connectivity index (χ1) is 9.69. The molecular weight excluding hydrogens is 248 g/mol. The van der Waals surface area contributed by atoms with E-state index >= 15 is 0 Å². The lowest BCUT2D eigenvalue weighted by Crippen LogP contribution is -1.95. The van der Waals surface area contributed by atoms with Crippen LogP contribution < -0.4 is 0 Å². The Balaban J connectivity index is 2.67. The van der Waals surface area contributed by atoms with Gasteiger partial charge in [-0.3, -0.25) is 0 Å². The number of phenols is 2. The fourth-order valence-corrected chi connectivity index (χ4v) is 2.71. The molecule has 0 radical (unpaired) electrons. The van der Waals surface area contributed by atoms with Crippen LogP contribution >= 0.6 is 0 Å². The molecule has 0 heterocycles. The first-order valence-corrected chi connectivity index (χ1v) is 7.31. The highest BCUT2D eigenvalue weighted by molar-refractivity contribution is 5.81. The minimum atomic E-state index is 0.245. The van der Waals surface area contributed by atoms with Crippen molar-refractivity contribution < 1.29 is 10.2 Å². The molecule has 0 unspecified atom stereocenters. The molecule has 20 heavy (non-hydrogen) atoms. The van der Waals surface area contributed by atoms with Crippen LogP contribution in [0.5, 0.6) is 11.5 Å². The SMILES string of the molecule is CCCc1cccc(O)c1-c1c(O)cccc1CCC. The molecule has 0 atom stereocenters. The summed E-state index contributed by atoms with van der Waals surface area (Å²) in [6.45, 7) is 4.23. The molecule has 0 aromatic heterocycles. The van der Waals surface area contributed by atoms with Crippen LogP contribution in [0.3, 0.4) is 0 Å². The number of benzene rings is 2. The maximum absolute atomic E-state index is 10.3. The fourth-order valence-electron chi connectivity index (χ4n) is 2.71. The van der Waals surface area contributed by atoms with Crippen molar-refractivity contribution in [2.75, 3.05) is 0 Å². The highest BCUT2D eigenvalue weighted by Crippen LogP contribution is 2.41. The third-order valence-corrected chi connectivity index (χ3v) is 3.55. The molecule has 2 heteroatoms. The number of hydrogen-bond donors (Lipinski definition) is 2. The molecule has 0 saturated carbocycles. The lowest BCUT2D eigenvalue weighted by atomic mass is 9.90. The normalized spacial score (nSPS) is 10.7. The summed E-state index contributed by atoms with van der Waals surface area (Å²) >= 11 is 0. The summed E-state index contributed by atoms with van der Waals surface area (Å²) in [6.07, 6.45) is 3.80. The van der Waals surface area contributed by atoms with E-state index in [1.165, 1.54) is 0 Å². The zero-order chi connectivity index (χ0) is 14.5. The Hall–Kier alpha value is -1.96. The van der Waals surface area contributed by atoms with Gasteiger partial charge in [0.2, 0.25) is 0 Å². The summed E-state index contributed by atoms with van der Waals surface area (Å²) in [5, 5.41) is 20.6. The Morgan fingerprint density at radius 2 is 1.10 bits per heavy atom. The van der Waals surface area contributed by atoms with Gasteiger partial charge in [0.25, 0.3) is 0 Å². The maximum atomic E-state index is 10.3. The molecule has 2 N–H and O–H groups in total. The molecule has 0 spiro atoms. The van der Waals surface area contributed by atoms with Crippen LogP contribution in [0, 0.1) is 0 Å². The van der Waals surface area contributed by atoms with Crippen molar-refractivity contribution >= 4 is 0 Å². The molecule has 0 aliphatic heterocycles. The Morgan fingerprint density at radius 1 is 0.700 bits per heavy atom. The Morgan fingerprint density at radius 3 is 1.45 bits per heavy atom. The van der Waals surface area contributed by atoms with Crippen molar-refractivity contribution in [1.82, 2.24) is 0 Å². The Labute approximate surface area is 120 Å². The molecule has 0 bridgehead atoms. The van der Waals surface area contributed by atoms with Crippen molar-refractivity contribution in [2.45, 2.75) is 39.5 Å². The fraction of sp³-hybridized carbons (Fsp3) is 0.333. The number of hydrogen-bond acceptors (Lipinski definition) is 2. The summed E-state index contributed by atoms with van der Waals surface area (Å²) in [7, 11) is 0. The van der Waals surface area contributed by atoms with E-state index < -0.39 is 0 Å². The zero-order valence-electron chi connectivity index (χ0n) is 12.2. The molecular formula is C18H22O2. The average molecular weight is 270 g/mol. The van der Waals surface area contributed by atoms with Gasteiger partial charge >= 0.3 is 0 Å². The summed E-state index contributed by atoms with van der Waals surface area (Å²) in [6, 6.07) is 11.2. The lowest BCUT2D eigenvalue weighted by Gasteiger charge is -2.16. The molecule has 0 aliphatic rings. The van der Waals surface area contributed by atoms with Gasteiger partial charge < -0.3 is 10.2 Å². The van der Waals surface area contributed by atoms with E-state index in [9.17, 15) is 10.2 Å². The van der Waals surface area contributed by atoms with Crippen LogP contribution in [0.15, 0.2) is 36.4 Å². The third kappa shape index (κ3) is 2.79. The monoisotopic (exact) mass is 270 g/mol. The molecule has 0 saturated heterocycles. The standard InChI is InChI=1S/C18H22O2/c1-3-7-13-9-5-11-15(19)17(13)18-14(8-4-2)10-6-12-16(18)20/h5-6,9-12,19-20H,3-4,7-8H2,1-2H3. The van der Waals surface area contributed by atoms with Crippen molar-refractivity contribution in [3.05, 3.63) is 47.5 Å². The van der Waals surface area contributed by atoms with Crippen LogP contribution in [0.4, 0.5) is 0 Å². The van der Waals surface area contributed by atoms with Gasteiger partial charge in [0.05, 0.1) is 0 Å². The van der Waals surface area contributed by atoms with Crippen molar-refractivity contribution in [3.8, 4) is 22.6 Å². The van der Waals surface area contributed by atoms with E-state index in [-0.39, 0.29) is 11.5 Å². The van der Waals surface area contributed by atoms with Gasteiger partial charge in [-0.05, 0) is 36.1 Å². The first-order valence-electron chi connectivity index (χ1n) is 7.31. The second-order valence-corrected chi connectivity index (χ2v) is 5.12. The van der Waals surface area contributed by atoms with Crippen molar-refractivity contribution in [1.29, 1.82) is 0 Å². The van der Waals surface area contributed by atoms with Gasteiger partial charge in [0.15, 0.2) is 0 Å². The second-order valence-electron chi connectivity index (χ2n) is 5.12. The quantitative estimate of drug-likeness (QED) is 0.828. The van der Waals surface area contributed by atoms with E-state index in [4.69, 9.17) is 0 Å². The van der Waals surface area contributed by atoms with E-state index in [0.717, 1.165) is 47.9 Å². The van der Waals surface area contributed by atoms with Crippen LogP contribution in [0.1, 0.15) is 37.8 Å². The number of phenolic OH excluding ortho intramolecular Hbond substituents is 2. The number of rotatable bonds is 5. The van der Waals surface area contributed by atoms with Gasteiger partial charge in [0, 0.05) is 11.1 Å². The van der Waals surface area contributed by atoms with Gasteiger partial charge in [-0.2, -0.15) is 0 Å². The Bertz CT molecular complexity index is 534. The molecule has 2 aromatic carbocycles. The smallest absolute Gasteiger partial charge is 0.123 e. The maximum Gasteiger partial charge on any atom is 0.123 e. The lowest BCUT2D eigenvalue weighted by molar-refractivity contribution is 0.468. The van der Waals surface area contributed by atoms with E-state index in [1.807, 2.05) is 24.3 Å². The predicted molar refractivity (Wildman–Crippen MR) is 83.2 cm³/mol. The highest BCUT2D eigenvalue weighted by atomic mass is 16.3. The average Bonchev–Trinajstić information content (AvgIpc) is 2.42. The zero-order valence-corrected chi connectivity index (χ0v) is 12.2. The molecule has 0 amide bonds. The first kappa shape index (κ1) is 14.4. The number of aromatic hydroxyl groups is 2. The van der Waals surface area contributed by atoms with Gasteiger partial charge in [-0.15, -0.1) is 0 Å². The Kier molecular flexibility index (Phi) is 4.67. The third-order valence-electron chi connectivity index (χ3n) is 3.55. The molecule has 2 aromatic rings. The second kappa shape index (κ2) is 6.47. The minimum Gasteiger partial charge on any atom is -0.507 e. The predicted octanol–water partition coefficient (Wildman–Crippen LogP) is 4.67. The minimum absolute atomic E-state index is 0.245. The van der Waals surface area contributed by atoms with E-state index in [1.54, 1.807) is 12.1 Å². The van der Waals surface area contributed by atoms with E-state index in [0.29, 0.717) is 0 Å². The molecule has 106 valence electrons. The van der Waals surface area contributed by atoms with Crippen molar-refractivity contribution in [2.24, 2.45) is 0 Å². The molecule has 0 aliphatic carbocycles. The molecule has 2 rings (SSSR count). The summed E-state index contributed by atoms with van der Waals surface area (Å²) in [5.41, 5.74) is 3.75. The summed E-state index contributed by atoms with van der Waals surface area (Å²) in [4.78, 5) is 0. The number of aryl methyl sites for hydroxylation is 2. The van der Waals surface area contributed by atoms with Crippen LogP contribution in [-0.4, -0.2) is 10.2 Å². The van der Waals surface area contributed by atoms with Gasteiger partial charge in [-0.1, -0.05) is 51.0 Å². The summed E-state index contributed by atoms with van der Waals surface area (Å²) in [5.74, 6) is 0.490. The van der Waals surface area contributed by atoms with Gasteiger partial charge in [0.1, 0.15) is 11.5 Å². The van der Waals surface area contributed by atoms with Crippen LogP contribution in [0.2, 0.25) is 0 Å². The largest absolute Gasteiger partial charge is 0.507 e. The van der Waals surface area contributed by atoms with Gasteiger partial charge in [-0.25, -0.2) is 0 Å². The van der Waals surface area contributed by atoms with Crippen LogP contribution in [-0.2, 0) is 12.8 Å².